The van der Waals surface area contributed by atoms with Crippen molar-refractivity contribution in [2.24, 2.45) is 11.7 Å². The van der Waals surface area contributed by atoms with Crippen LogP contribution in [0.15, 0.2) is 66.9 Å². The highest BCUT2D eigenvalue weighted by atomic mass is 19.1. The Hall–Kier alpha value is -3.78. The van der Waals surface area contributed by atoms with Crippen molar-refractivity contribution >= 4 is 17.7 Å². The van der Waals surface area contributed by atoms with Crippen molar-refractivity contribution in [2.75, 3.05) is 12.4 Å². The molecule has 2 aliphatic carbocycles. The number of rotatable bonds is 7. The standard InChI is InChI=1S/C31H35FN4O3/c1-36(30(38)39)26-13-7-20(8-14-26)15-28(37)35-25-16-27(21-5-3-2-4-6-21)29(34-19-25)22-9-11-23(12-10-22)31(33)17-24(32)18-31/h2-6,9-12,16,19-20,24,26H,7-8,13-15,17-18,33H2,1H3,(H,35,37)(H,38,39). The molecule has 2 saturated carbocycles. The minimum absolute atomic E-state index is 0.0192. The molecule has 2 aliphatic rings. The molecule has 0 aliphatic heterocycles. The monoisotopic (exact) mass is 530 g/mol. The Morgan fingerprint density at radius 3 is 2.33 bits per heavy atom. The fourth-order valence-corrected chi connectivity index (χ4v) is 5.89. The van der Waals surface area contributed by atoms with Crippen molar-refractivity contribution in [3.63, 3.8) is 0 Å². The van der Waals surface area contributed by atoms with Crippen LogP contribution in [-0.2, 0) is 10.3 Å². The van der Waals surface area contributed by atoms with Crippen LogP contribution in [0.25, 0.3) is 22.4 Å². The van der Waals surface area contributed by atoms with Crippen LogP contribution in [0.3, 0.4) is 0 Å². The molecule has 2 fully saturated rings. The fraction of sp³-hybridized carbons (Fsp3) is 0.387. The molecule has 8 heteroatoms. The normalized spacial score (nSPS) is 24.4. The molecular weight excluding hydrogens is 495 g/mol. The van der Waals surface area contributed by atoms with E-state index in [1.807, 2.05) is 60.7 Å². The average molecular weight is 531 g/mol. The quantitative estimate of drug-likeness (QED) is 0.337. The van der Waals surface area contributed by atoms with Gasteiger partial charge in [0.05, 0.1) is 17.6 Å². The number of carboxylic acid groups (broad SMARTS) is 1. The van der Waals surface area contributed by atoms with Crippen molar-refractivity contribution < 1.29 is 19.1 Å². The van der Waals surface area contributed by atoms with Gasteiger partial charge in [-0.25, -0.2) is 9.18 Å². The van der Waals surface area contributed by atoms with Crippen LogP contribution >= 0.6 is 0 Å². The molecule has 204 valence electrons. The number of pyridine rings is 1. The van der Waals surface area contributed by atoms with Crippen LogP contribution in [0, 0.1) is 5.92 Å². The lowest BCUT2D eigenvalue weighted by molar-refractivity contribution is -0.117. The number of hydrogen-bond donors (Lipinski definition) is 3. The van der Waals surface area contributed by atoms with Gasteiger partial charge in [0, 0.05) is 49.0 Å². The van der Waals surface area contributed by atoms with Gasteiger partial charge >= 0.3 is 6.09 Å². The molecule has 39 heavy (non-hydrogen) atoms. The molecule has 1 heterocycles. The van der Waals surface area contributed by atoms with E-state index in [2.05, 4.69) is 5.32 Å². The van der Waals surface area contributed by atoms with Crippen molar-refractivity contribution in [3.05, 3.63) is 72.4 Å². The first-order valence-corrected chi connectivity index (χ1v) is 13.6. The summed E-state index contributed by atoms with van der Waals surface area (Å²) in [7, 11) is 1.61. The molecule has 4 N–H and O–H groups in total. The summed E-state index contributed by atoms with van der Waals surface area (Å²) in [5.74, 6) is 0.167. The minimum Gasteiger partial charge on any atom is -0.465 e. The van der Waals surface area contributed by atoms with Crippen LogP contribution in [0.4, 0.5) is 14.9 Å². The molecule has 5 rings (SSSR count). The lowest BCUT2D eigenvalue weighted by Gasteiger charge is -2.41. The number of nitrogens with two attached hydrogens (primary N) is 1. The van der Waals surface area contributed by atoms with Crippen LogP contribution in [0.5, 0.6) is 0 Å². The topological polar surface area (TPSA) is 109 Å². The number of halogens is 1. The maximum absolute atomic E-state index is 13.5. The number of alkyl halides is 1. The molecule has 0 spiro atoms. The Balaban J connectivity index is 1.30. The average Bonchev–Trinajstić information content (AvgIpc) is 2.93. The largest absolute Gasteiger partial charge is 0.465 e. The molecule has 0 radical (unpaired) electrons. The highest BCUT2D eigenvalue weighted by Gasteiger charge is 2.42. The number of nitrogens with one attached hydrogen (secondary N) is 1. The molecule has 3 aromatic rings. The molecule has 2 aromatic carbocycles. The van der Waals surface area contributed by atoms with Crippen molar-refractivity contribution in [2.45, 2.75) is 62.7 Å². The smallest absolute Gasteiger partial charge is 0.407 e. The molecule has 2 amide bonds. The van der Waals surface area contributed by atoms with Gasteiger partial charge < -0.3 is 21.1 Å². The number of carbonyl (C=O) groups is 2. The maximum atomic E-state index is 13.5. The summed E-state index contributed by atoms with van der Waals surface area (Å²) >= 11 is 0. The summed E-state index contributed by atoms with van der Waals surface area (Å²) in [6.07, 6.45) is 4.21. The summed E-state index contributed by atoms with van der Waals surface area (Å²) in [5.41, 5.74) is 10.9. The third kappa shape index (κ3) is 5.96. The zero-order valence-corrected chi connectivity index (χ0v) is 22.1. The highest BCUT2D eigenvalue weighted by Crippen LogP contribution is 2.42. The van der Waals surface area contributed by atoms with Gasteiger partial charge in [0.15, 0.2) is 0 Å². The summed E-state index contributed by atoms with van der Waals surface area (Å²) in [5, 5.41) is 12.2. The van der Waals surface area contributed by atoms with E-state index in [0.29, 0.717) is 24.9 Å². The second-order valence-corrected chi connectivity index (χ2v) is 11.0. The zero-order chi connectivity index (χ0) is 27.6. The first-order valence-electron chi connectivity index (χ1n) is 13.6. The summed E-state index contributed by atoms with van der Waals surface area (Å²) in [6, 6.07) is 19.7. The molecular formula is C31H35FN4O3. The van der Waals surface area contributed by atoms with E-state index in [9.17, 15) is 19.1 Å². The predicted octanol–water partition coefficient (Wildman–Crippen LogP) is 6.20. The molecule has 0 unspecified atom stereocenters. The van der Waals surface area contributed by atoms with Crippen LogP contribution in [0.2, 0.25) is 0 Å². The first-order chi connectivity index (χ1) is 18.7. The van der Waals surface area contributed by atoms with E-state index >= 15 is 0 Å². The van der Waals surface area contributed by atoms with Crippen LogP contribution in [-0.4, -0.2) is 46.3 Å². The van der Waals surface area contributed by atoms with E-state index < -0.39 is 17.8 Å². The van der Waals surface area contributed by atoms with Gasteiger partial charge in [-0.15, -0.1) is 0 Å². The summed E-state index contributed by atoms with van der Waals surface area (Å²) < 4.78 is 13.5. The van der Waals surface area contributed by atoms with Gasteiger partial charge in [-0.2, -0.15) is 0 Å². The maximum Gasteiger partial charge on any atom is 0.407 e. The van der Waals surface area contributed by atoms with Crippen molar-refractivity contribution in [1.82, 2.24) is 9.88 Å². The number of anilines is 1. The van der Waals surface area contributed by atoms with Gasteiger partial charge in [-0.3, -0.25) is 9.78 Å². The third-order valence-electron chi connectivity index (χ3n) is 8.30. The number of amides is 2. The van der Waals surface area contributed by atoms with Crippen LogP contribution in [0.1, 0.15) is 50.5 Å². The number of hydrogen-bond acceptors (Lipinski definition) is 4. The number of benzene rings is 2. The Kier molecular flexibility index (Phi) is 7.66. The van der Waals surface area contributed by atoms with Crippen LogP contribution < -0.4 is 11.1 Å². The highest BCUT2D eigenvalue weighted by molar-refractivity contribution is 5.93. The number of aromatic nitrogens is 1. The van der Waals surface area contributed by atoms with Gasteiger partial charge in [-0.1, -0.05) is 54.6 Å². The van der Waals surface area contributed by atoms with Gasteiger partial charge in [0.2, 0.25) is 5.91 Å². The first kappa shape index (κ1) is 26.8. The Morgan fingerprint density at radius 1 is 1.05 bits per heavy atom. The third-order valence-corrected chi connectivity index (χ3v) is 8.30. The molecule has 1 aromatic heterocycles. The van der Waals surface area contributed by atoms with Gasteiger partial charge in [-0.05, 0) is 48.8 Å². The lowest BCUT2D eigenvalue weighted by Crippen LogP contribution is -2.50. The van der Waals surface area contributed by atoms with E-state index in [-0.39, 0.29) is 17.9 Å². The fourth-order valence-electron chi connectivity index (χ4n) is 5.89. The van der Waals surface area contributed by atoms with Gasteiger partial charge in [0.25, 0.3) is 0 Å². The number of carbonyl (C=O) groups excluding carboxylic acids is 1. The Bertz CT molecular complexity index is 1320. The molecule has 0 bridgehead atoms. The molecule has 7 nitrogen and oxygen atoms in total. The summed E-state index contributed by atoms with van der Waals surface area (Å²) in [4.78, 5) is 30.3. The Labute approximate surface area is 228 Å². The van der Waals surface area contributed by atoms with E-state index in [4.69, 9.17) is 10.7 Å². The predicted molar refractivity (Wildman–Crippen MR) is 150 cm³/mol. The second-order valence-electron chi connectivity index (χ2n) is 11.0. The van der Waals surface area contributed by atoms with E-state index in [1.165, 1.54) is 4.90 Å². The molecule has 0 saturated heterocycles. The molecule has 0 atom stereocenters. The minimum atomic E-state index is -0.908. The Morgan fingerprint density at radius 2 is 1.72 bits per heavy atom. The SMILES string of the molecule is CN(C(=O)O)C1CCC(CC(=O)Nc2cnc(-c3ccc(C4(N)CC(F)C4)cc3)c(-c3ccccc3)c2)CC1. The second kappa shape index (κ2) is 11.1. The van der Waals surface area contributed by atoms with E-state index in [1.54, 1.807) is 13.2 Å². The zero-order valence-electron chi connectivity index (χ0n) is 22.1. The van der Waals surface area contributed by atoms with E-state index in [0.717, 1.165) is 53.6 Å². The summed E-state index contributed by atoms with van der Waals surface area (Å²) in [6.45, 7) is 0. The van der Waals surface area contributed by atoms with Crippen molar-refractivity contribution in [3.8, 4) is 22.4 Å². The van der Waals surface area contributed by atoms with Crippen molar-refractivity contribution in [1.29, 1.82) is 0 Å². The lowest BCUT2D eigenvalue weighted by atomic mass is 9.71. The van der Waals surface area contributed by atoms with Gasteiger partial charge in [0.1, 0.15) is 6.17 Å². The number of nitrogens with zero attached hydrogens (tertiary/aromatic N) is 2.